The maximum atomic E-state index is 13.7. The first-order valence-electron chi connectivity index (χ1n) is 24.8. The van der Waals surface area contributed by atoms with Gasteiger partial charge >= 0.3 is 12.2 Å². The number of alkyl carbamates (subject to hydrolysis) is 1. The van der Waals surface area contributed by atoms with E-state index in [0.717, 1.165) is 93.7 Å². The molecule has 4 aromatic heterocycles. The highest BCUT2D eigenvalue weighted by molar-refractivity contribution is 6.76. The highest BCUT2D eigenvalue weighted by atomic mass is 35.5. The van der Waals surface area contributed by atoms with Gasteiger partial charge in [-0.25, -0.2) is 29.5 Å². The Morgan fingerprint density at radius 1 is 0.694 bits per heavy atom. The molecule has 2 N–H and O–H groups in total. The number of carbonyl (C=O) groups is 3. The standard InChI is InChI=1S/C29H40ClN5O4Si.C23H29ClN4O3Si/c1-19(2)26(33-29(37)38-3)28(36)35-13-7-8-24(35)27-32-23(17-34(27)18-39-14-15-40(4,5)6)21-9-11-22-20(16-21)10-12-25(30)31-22;1-32(2,3)12-11-31-15-27-14-19(26-22(27)20-5-4-10-28(20)23(29)30)17-6-8-18-16(13-17)7-9-21(24)25-18/h9-12,16-17,19,24,26H,7-8,13-15,18H2,1-6H3,(H,33,37);6-9,13-14,20H,4-5,10-12,15H2,1-3H3,(H,29,30)/t24-,26-;20-/m00/s1. The Balaban J connectivity index is 0.000000216. The Bertz CT molecular complexity index is 2870. The second-order valence-corrected chi connectivity index (χ2v) is 33.4. The summed E-state index contributed by atoms with van der Waals surface area (Å²) in [5.41, 5.74) is 5.13. The van der Waals surface area contributed by atoms with Gasteiger partial charge in [-0.05, 0) is 92.2 Å². The van der Waals surface area contributed by atoms with Crippen LogP contribution in [0.15, 0.2) is 73.1 Å². The number of rotatable bonds is 17. The third-order valence-corrected chi connectivity index (χ3v) is 16.8. The monoisotopic (exact) mass is 1060 g/mol. The van der Waals surface area contributed by atoms with Crippen LogP contribution in [0, 0.1) is 5.92 Å². The van der Waals surface area contributed by atoms with Crippen molar-refractivity contribution in [3.05, 3.63) is 95.0 Å². The summed E-state index contributed by atoms with van der Waals surface area (Å²) in [6.07, 6.45) is 5.66. The number of hydrogen-bond acceptors (Lipinski definition) is 10. The molecule has 2 aromatic carbocycles. The summed E-state index contributed by atoms with van der Waals surface area (Å²) in [5, 5.41) is 15.2. The van der Waals surface area contributed by atoms with Crippen molar-refractivity contribution in [1.82, 2.24) is 44.2 Å². The molecule has 72 heavy (non-hydrogen) atoms. The highest BCUT2D eigenvalue weighted by Gasteiger charge is 2.39. The van der Waals surface area contributed by atoms with Crippen molar-refractivity contribution >= 4 is 79.2 Å². The van der Waals surface area contributed by atoms with Crippen LogP contribution in [0.25, 0.3) is 44.3 Å². The minimum Gasteiger partial charge on any atom is -0.465 e. The second kappa shape index (κ2) is 23.7. The van der Waals surface area contributed by atoms with Crippen LogP contribution >= 0.6 is 23.2 Å². The molecule has 0 aliphatic carbocycles. The number of likely N-dealkylation sites (tertiary alicyclic amines) is 2. The van der Waals surface area contributed by atoms with E-state index >= 15 is 0 Å². The van der Waals surface area contributed by atoms with Gasteiger partial charge in [0.25, 0.3) is 0 Å². The normalized spacial score (nSPS) is 16.6. The molecule has 8 rings (SSSR count). The highest BCUT2D eigenvalue weighted by Crippen LogP contribution is 2.36. The number of aromatic nitrogens is 6. The van der Waals surface area contributed by atoms with Crippen LogP contribution in [-0.2, 0) is 32.5 Å². The minimum atomic E-state index is -1.24. The first-order chi connectivity index (χ1) is 34.2. The third kappa shape index (κ3) is 14.0. The molecular formula is C52H69Cl2N9O7Si2. The number of methoxy groups -OCH3 is 1. The molecule has 2 aliphatic heterocycles. The second-order valence-electron chi connectivity index (χ2n) is 21.4. The summed E-state index contributed by atoms with van der Waals surface area (Å²) in [7, 11) is -1.13. The average molecular weight is 1060 g/mol. The molecular weight excluding hydrogens is 990 g/mol. The molecule has 16 nitrogen and oxygen atoms in total. The van der Waals surface area contributed by atoms with Gasteiger partial charge in [0.05, 0.1) is 41.6 Å². The summed E-state index contributed by atoms with van der Waals surface area (Å²) in [5.74, 6) is 1.28. The van der Waals surface area contributed by atoms with Gasteiger partial charge in [-0.15, -0.1) is 0 Å². The van der Waals surface area contributed by atoms with Gasteiger partial charge in [0.2, 0.25) is 5.91 Å². The van der Waals surface area contributed by atoms with Crippen molar-refractivity contribution in [2.45, 2.75) is 122 Å². The van der Waals surface area contributed by atoms with Gasteiger partial charge in [0.15, 0.2) is 0 Å². The lowest BCUT2D eigenvalue weighted by Gasteiger charge is -2.30. The maximum Gasteiger partial charge on any atom is 0.407 e. The molecule has 2 fully saturated rings. The molecule has 0 unspecified atom stereocenters. The summed E-state index contributed by atoms with van der Waals surface area (Å²) in [4.78, 5) is 59.5. The Labute approximate surface area is 434 Å². The van der Waals surface area contributed by atoms with E-state index in [1.807, 2.05) is 88.8 Å². The summed E-state index contributed by atoms with van der Waals surface area (Å²) in [6, 6.07) is 20.3. The van der Waals surface area contributed by atoms with Gasteiger partial charge in [-0.1, -0.05) is 88.5 Å². The topological polar surface area (TPSA) is 179 Å². The lowest BCUT2D eigenvalue weighted by Crippen LogP contribution is -2.51. The van der Waals surface area contributed by atoms with Crippen LogP contribution in [0.5, 0.6) is 0 Å². The van der Waals surface area contributed by atoms with Gasteiger partial charge in [0.1, 0.15) is 41.5 Å². The lowest BCUT2D eigenvalue weighted by molar-refractivity contribution is -0.135. The van der Waals surface area contributed by atoms with Crippen LogP contribution in [-0.4, -0.2) is 118 Å². The van der Waals surface area contributed by atoms with E-state index in [0.29, 0.717) is 50.1 Å². The van der Waals surface area contributed by atoms with Crippen LogP contribution in [0.4, 0.5) is 9.59 Å². The van der Waals surface area contributed by atoms with E-state index in [2.05, 4.69) is 54.6 Å². The molecule has 0 radical (unpaired) electrons. The van der Waals surface area contributed by atoms with Crippen molar-refractivity contribution in [2.24, 2.45) is 5.92 Å². The summed E-state index contributed by atoms with van der Waals surface area (Å²) in [6.45, 7) is 21.0. The summed E-state index contributed by atoms with van der Waals surface area (Å²) < 4.78 is 20.9. The molecule has 0 spiro atoms. The zero-order valence-corrected chi connectivity index (χ0v) is 46.5. The number of halogens is 2. The van der Waals surface area contributed by atoms with Crippen molar-refractivity contribution in [3.8, 4) is 22.5 Å². The van der Waals surface area contributed by atoms with Crippen LogP contribution < -0.4 is 5.32 Å². The first-order valence-corrected chi connectivity index (χ1v) is 32.9. The SMILES string of the molecule is COC(=O)N[C@H](C(=O)N1CCC[C@H]1c1nc(-c2ccc3nc(Cl)ccc3c2)cn1COCC[Si](C)(C)C)C(C)C.C[Si](C)(C)CCOCn1cc(-c2ccc3nc(Cl)ccc3c2)nc1[C@@H]1CCCN1C(=O)O. The molecule has 6 heterocycles. The molecule has 20 heteroatoms. The molecule has 386 valence electrons. The Kier molecular flexibility index (Phi) is 17.9. The number of amides is 3. The van der Waals surface area contributed by atoms with E-state index in [9.17, 15) is 19.5 Å². The van der Waals surface area contributed by atoms with Gasteiger partial charge in [-0.2, -0.15) is 0 Å². The van der Waals surface area contributed by atoms with Crippen molar-refractivity contribution in [3.63, 3.8) is 0 Å². The molecule has 3 amide bonds. The fourth-order valence-corrected chi connectivity index (χ4v) is 10.7. The van der Waals surface area contributed by atoms with E-state index in [1.54, 1.807) is 12.1 Å². The number of fused-ring (bicyclic) bond motifs is 2. The Morgan fingerprint density at radius 3 is 1.58 bits per heavy atom. The van der Waals surface area contributed by atoms with Crippen molar-refractivity contribution < 1.29 is 33.7 Å². The van der Waals surface area contributed by atoms with Gasteiger partial charge < -0.3 is 38.7 Å². The average Bonchev–Trinajstić information content (AvgIpc) is 4.17. The Hall–Kier alpha value is -5.38. The largest absolute Gasteiger partial charge is 0.465 e. The predicted octanol–water partition coefficient (Wildman–Crippen LogP) is 12.0. The van der Waals surface area contributed by atoms with Gasteiger partial charge in [-0.3, -0.25) is 9.69 Å². The number of ether oxygens (including phenoxy) is 3. The minimum absolute atomic E-state index is 0.104. The van der Waals surface area contributed by atoms with E-state index in [1.165, 1.54) is 12.0 Å². The molecule has 3 atom stereocenters. The molecule has 0 bridgehead atoms. The number of hydrogen-bond donors (Lipinski definition) is 2. The number of imidazole rings is 2. The zero-order valence-electron chi connectivity index (χ0n) is 43.0. The van der Waals surface area contributed by atoms with Crippen LogP contribution in [0.1, 0.15) is 63.3 Å². The van der Waals surface area contributed by atoms with Crippen molar-refractivity contribution in [2.75, 3.05) is 33.4 Å². The van der Waals surface area contributed by atoms with Crippen LogP contribution in [0.3, 0.4) is 0 Å². The third-order valence-electron chi connectivity index (χ3n) is 13.0. The number of nitrogens with zero attached hydrogens (tertiary/aromatic N) is 8. The van der Waals surface area contributed by atoms with E-state index < -0.39 is 34.4 Å². The number of pyridine rings is 2. The summed E-state index contributed by atoms with van der Waals surface area (Å²) >= 11 is 12.1. The van der Waals surface area contributed by atoms with E-state index in [-0.39, 0.29) is 23.9 Å². The fourth-order valence-electron chi connectivity index (χ4n) is 8.92. The fraction of sp³-hybridized carbons (Fsp3) is 0.481. The molecule has 2 aliphatic rings. The molecule has 2 saturated heterocycles. The number of carbonyl (C=O) groups excluding carboxylic acids is 2. The number of nitrogens with one attached hydrogen (secondary N) is 1. The first kappa shape index (κ1) is 54.4. The quantitative estimate of drug-likeness (QED) is 0.0504. The predicted molar refractivity (Wildman–Crippen MR) is 289 cm³/mol. The maximum absolute atomic E-state index is 13.7. The lowest BCUT2D eigenvalue weighted by atomic mass is 10.0. The zero-order chi connectivity index (χ0) is 51.9. The number of benzene rings is 2. The van der Waals surface area contributed by atoms with E-state index in [4.69, 9.17) is 47.4 Å². The molecule has 0 saturated carbocycles. The van der Waals surface area contributed by atoms with Gasteiger partial charge in [0, 0.05) is 76.7 Å². The Morgan fingerprint density at radius 2 is 1.15 bits per heavy atom. The number of carboxylic acid groups (broad SMARTS) is 1. The molecule has 6 aromatic rings. The smallest absolute Gasteiger partial charge is 0.407 e. The van der Waals surface area contributed by atoms with Crippen molar-refractivity contribution in [1.29, 1.82) is 0 Å². The van der Waals surface area contributed by atoms with Crippen LogP contribution in [0.2, 0.25) is 61.7 Å².